The standard InChI is InChI=1S/C15H22N4O2/c1-9(12-7-17-8-12)14(20)18-10(2)11-3-5-13(6-4-11)19-15(16)21/h3-6,9-10,12,17H,7-8H2,1-2H3,(H,18,20)(H3,16,19,21). The lowest BCUT2D eigenvalue weighted by atomic mass is 9.88. The average molecular weight is 290 g/mol. The maximum absolute atomic E-state index is 12.2. The van der Waals surface area contributed by atoms with Crippen LogP contribution in [0.5, 0.6) is 0 Å². The highest BCUT2D eigenvalue weighted by Gasteiger charge is 2.29. The molecule has 2 unspecified atom stereocenters. The summed E-state index contributed by atoms with van der Waals surface area (Å²) in [6, 6.07) is 6.60. The van der Waals surface area contributed by atoms with E-state index in [1.807, 2.05) is 26.0 Å². The topological polar surface area (TPSA) is 96.2 Å². The van der Waals surface area contributed by atoms with Crippen molar-refractivity contribution in [2.45, 2.75) is 19.9 Å². The number of carbonyl (C=O) groups excluding carboxylic acids is 2. The van der Waals surface area contributed by atoms with Crippen LogP contribution in [-0.2, 0) is 4.79 Å². The number of anilines is 1. The highest BCUT2D eigenvalue weighted by Crippen LogP contribution is 2.19. The van der Waals surface area contributed by atoms with Crippen molar-refractivity contribution in [2.24, 2.45) is 17.6 Å². The summed E-state index contributed by atoms with van der Waals surface area (Å²) in [5.74, 6) is 0.525. The molecule has 1 saturated heterocycles. The van der Waals surface area contributed by atoms with Crippen LogP contribution in [0.1, 0.15) is 25.5 Å². The molecule has 5 N–H and O–H groups in total. The Morgan fingerprint density at radius 2 is 1.86 bits per heavy atom. The van der Waals surface area contributed by atoms with Gasteiger partial charge < -0.3 is 21.7 Å². The van der Waals surface area contributed by atoms with Gasteiger partial charge in [0.15, 0.2) is 0 Å². The van der Waals surface area contributed by atoms with Crippen molar-refractivity contribution in [3.63, 3.8) is 0 Å². The zero-order valence-electron chi connectivity index (χ0n) is 12.3. The van der Waals surface area contributed by atoms with E-state index in [-0.39, 0.29) is 17.9 Å². The molecule has 114 valence electrons. The monoisotopic (exact) mass is 290 g/mol. The molecule has 1 aromatic rings. The summed E-state index contributed by atoms with van der Waals surface area (Å²) < 4.78 is 0. The first-order valence-corrected chi connectivity index (χ1v) is 7.15. The lowest BCUT2D eigenvalue weighted by molar-refractivity contribution is -0.127. The van der Waals surface area contributed by atoms with Gasteiger partial charge in [-0.2, -0.15) is 0 Å². The molecule has 0 spiro atoms. The Morgan fingerprint density at radius 3 is 2.33 bits per heavy atom. The molecule has 6 nitrogen and oxygen atoms in total. The molecule has 0 aliphatic carbocycles. The number of urea groups is 1. The van der Waals surface area contributed by atoms with Gasteiger partial charge >= 0.3 is 6.03 Å². The lowest BCUT2D eigenvalue weighted by Crippen LogP contribution is -2.49. The van der Waals surface area contributed by atoms with Crippen molar-refractivity contribution in [3.8, 4) is 0 Å². The molecule has 0 bridgehead atoms. The highest BCUT2D eigenvalue weighted by atomic mass is 16.2. The van der Waals surface area contributed by atoms with Crippen molar-refractivity contribution in [1.29, 1.82) is 0 Å². The van der Waals surface area contributed by atoms with Gasteiger partial charge in [0.2, 0.25) is 5.91 Å². The Kier molecular flexibility index (Phi) is 4.80. The van der Waals surface area contributed by atoms with E-state index in [0.717, 1.165) is 18.7 Å². The summed E-state index contributed by atoms with van der Waals surface area (Å²) in [7, 11) is 0. The first kappa shape index (κ1) is 15.3. The van der Waals surface area contributed by atoms with Crippen LogP contribution in [0.4, 0.5) is 10.5 Å². The summed E-state index contributed by atoms with van der Waals surface area (Å²) in [5, 5.41) is 8.71. The minimum absolute atomic E-state index is 0.0181. The fourth-order valence-electron chi connectivity index (χ4n) is 2.30. The fraction of sp³-hybridized carbons (Fsp3) is 0.467. The third kappa shape index (κ3) is 3.95. The number of nitrogens with one attached hydrogen (secondary N) is 3. The molecule has 1 heterocycles. The van der Waals surface area contributed by atoms with E-state index >= 15 is 0 Å². The second-order valence-electron chi connectivity index (χ2n) is 5.55. The third-order valence-electron chi connectivity index (χ3n) is 3.97. The van der Waals surface area contributed by atoms with E-state index in [1.54, 1.807) is 12.1 Å². The first-order chi connectivity index (χ1) is 9.97. The Bertz CT molecular complexity index is 511. The highest BCUT2D eigenvalue weighted by molar-refractivity contribution is 5.87. The third-order valence-corrected chi connectivity index (χ3v) is 3.97. The van der Waals surface area contributed by atoms with Crippen molar-refractivity contribution in [3.05, 3.63) is 29.8 Å². The first-order valence-electron chi connectivity index (χ1n) is 7.15. The van der Waals surface area contributed by atoms with Gasteiger partial charge in [0.05, 0.1) is 6.04 Å². The van der Waals surface area contributed by atoms with Crippen molar-refractivity contribution >= 4 is 17.6 Å². The maximum atomic E-state index is 12.2. The molecule has 1 aliphatic rings. The Morgan fingerprint density at radius 1 is 1.24 bits per heavy atom. The van der Waals surface area contributed by atoms with Crippen LogP contribution in [0.2, 0.25) is 0 Å². The number of primary amides is 1. The lowest BCUT2D eigenvalue weighted by Gasteiger charge is -2.32. The number of carbonyl (C=O) groups is 2. The molecule has 2 atom stereocenters. The van der Waals surface area contributed by atoms with E-state index in [4.69, 9.17) is 5.73 Å². The van der Waals surface area contributed by atoms with Crippen LogP contribution >= 0.6 is 0 Å². The fourth-order valence-corrected chi connectivity index (χ4v) is 2.30. The average Bonchev–Trinajstić information content (AvgIpc) is 2.36. The van der Waals surface area contributed by atoms with Crippen molar-refractivity contribution < 1.29 is 9.59 Å². The van der Waals surface area contributed by atoms with Crippen molar-refractivity contribution in [2.75, 3.05) is 18.4 Å². The smallest absolute Gasteiger partial charge is 0.316 e. The van der Waals surface area contributed by atoms with Gasteiger partial charge in [-0.3, -0.25) is 4.79 Å². The molecule has 21 heavy (non-hydrogen) atoms. The van der Waals surface area contributed by atoms with Crippen LogP contribution in [0, 0.1) is 11.8 Å². The van der Waals surface area contributed by atoms with Gasteiger partial charge in [-0.25, -0.2) is 4.79 Å². The van der Waals surface area contributed by atoms with E-state index in [2.05, 4.69) is 16.0 Å². The predicted octanol–water partition coefficient (Wildman–Crippen LogP) is 1.21. The summed E-state index contributed by atoms with van der Waals surface area (Å²) in [5.41, 5.74) is 6.68. The van der Waals surface area contributed by atoms with E-state index in [9.17, 15) is 9.59 Å². The number of hydrogen-bond acceptors (Lipinski definition) is 3. The SMILES string of the molecule is CC(NC(=O)C(C)C1CNC1)c1ccc(NC(N)=O)cc1. The molecule has 1 aliphatic heterocycles. The number of hydrogen-bond donors (Lipinski definition) is 4. The van der Waals surface area contributed by atoms with Crippen LogP contribution in [-0.4, -0.2) is 25.0 Å². The zero-order chi connectivity index (χ0) is 15.4. The number of rotatable bonds is 5. The molecule has 0 aromatic heterocycles. The van der Waals surface area contributed by atoms with Gasteiger partial charge in [0, 0.05) is 11.6 Å². The number of amides is 3. The zero-order valence-corrected chi connectivity index (χ0v) is 12.3. The van der Waals surface area contributed by atoms with E-state index < -0.39 is 6.03 Å². The Balaban J connectivity index is 1.91. The minimum Gasteiger partial charge on any atom is -0.351 e. The van der Waals surface area contributed by atoms with Crippen LogP contribution in [0.3, 0.4) is 0 Å². The second-order valence-corrected chi connectivity index (χ2v) is 5.55. The summed E-state index contributed by atoms with van der Waals surface area (Å²) in [6.45, 7) is 5.74. The van der Waals surface area contributed by atoms with Gasteiger partial charge in [0.1, 0.15) is 0 Å². The maximum Gasteiger partial charge on any atom is 0.316 e. The number of benzene rings is 1. The predicted molar refractivity (Wildman–Crippen MR) is 81.7 cm³/mol. The quantitative estimate of drug-likeness (QED) is 0.656. The van der Waals surface area contributed by atoms with Crippen LogP contribution < -0.4 is 21.7 Å². The molecular formula is C15H22N4O2. The van der Waals surface area contributed by atoms with Gasteiger partial charge in [-0.1, -0.05) is 19.1 Å². The molecule has 2 rings (SSSR count). The molecule has 3 amide bonds. The largest absolute Gasteiger partial charge is 0.351 e. The number of nitrogens with two attached hydrogens (primary N) is 1. The molecule has 0 saturated carbocycles. The summed E-state index contributed by atoms with van der Waals surface area (Å²) >= 11 is 0. The Labute approximate surface area is 124 Å². The van der Waals surface area contributed by atoms with Crippen LogP contribution in [0.15, 0.2) is 24.3 Å². The van der Waals surface area contributed by atoms with Crippen molar-refractivity contribution in [1.82, 2.24) is 10.6 Å². The van der Waals surface area contributed by atoms with E-state index in [1.165, 1.54) is 0 Å². The molecule has 6 heteroatoms. The molecular weight excluding hydrogens is 268 g/mol. The Hall–Kier alpha value is -2.08. The second kappa shape index (κ2) is 6.58. The molecule has 1 aromatic carbocycles. The van der Waals surface area contributed by atoms with Gasteiger partial charge in [-0.05, 0) is 43.6 Å². The van der Waals surface area contributed by atoms with Gasteiger partial charge in [0.25, 0.3) is 0 Å². The molecule has 1 fully saturated rings. The summed E-state index contributed by atoms with van der Waals surface area (Å²) in [6.07, 6.45) is 0. The molecule has 0 radical (unpaired) electrons. The summed E-state index contributed by atoms with van der Waals surface area (Å²) in [4.78, 5) is 22.9. The van der Waals surface area contributed by atoms with E-state index in [0.29, 0.717) is 11.6 Å². The van der Waals surface area contributed by atoms with Gasteiger partial charge in [-0.15, -0.1) is 0 Å². The minimum atomic E-state index is -0.591. The van der Waals surface area contributed by atoms with Crippen LogP contribution in [0.25, 0.3) is 0 Å². The normalized spacial score (nSPS) is 17.4.